The van der Waals surface area contributed by atoms with Crippen molar-refractivity contribution in [1.29, 1.82) is 0 Å². The predicted molar refractivity (Wildman–Crippen MR) is 57.8 cm³/mol. The van der Waals surface area contributed by atoms with Gasteiger partial charge in [0.25, 0.3) is 0 Å². The van der Waals surface area contributed by atoms with E-state index >= 15 is 0 Å². The summed E-state index contributed by atoms with van der Waals surface area (Å²) >= 11 is 0. The topological polar surface area (TPSA) is 35.2 Å². The Hall–Kier alpha value is -1.08. The second-order valence-electron chi connectivity index (χ2n) is 3.40. The molecule has 0 saturated heterocycles. The maximum absolute atomic E-state index is 13.5. The minimum atomic E-state index is -4.60. The van der Waals surface area contributed by atoms with Gasteiger partial charge in [0.15, 0.2) is 11.6 Å². The molecule has 0 aromatic heterocycles. The number of benzene rings is 1. The molecule has 0 saturated carbocycles. The predicted octanol–water partition coefficient (Wildman–Crippen LogP) is 3.35. The summed E-state index contributed by atoms with van der Waals surface area (Å²) in [7, 11) is 1.12. The molecule has 2 nitrogen and oxygen atoms in total. The Bertz CT molecular complexity index is 410. The van der Waals surface area contributed by atoms with Gasteiger partial charge in [-0.05, 0) is 12.1 Å². The minimum absolute atomic E-state index is 0. The van der Waals surface area contributed by atoms with E-state index in [-0.39, 0.29) is 18.2 Å². The van der Waals surface area contributed by atoms with Crippen molar-refractivity contribution >= 4 is 12.4 Å². The maximum Gasteiger partial charge on any atom is 0.390 e. The molecule has 0 aliphatic heterocycles. The second kappa shape index (κ2) is 6.19. The van der Waals surface area contributed by atoms with Crippen LogP contribution in [0.2, 0.25) is 0 Å². The lowest BCUT2D eigenvalue weighted by atomic mass is 10.0. The average molecular weight is 292 g/mol. The van der Waals surface area contributed by atoms with E-state index in [1.807, 2.05) is 0 Å². The molecule has 8 heteroatoms. The highest BCUT2D eigenvalue weighted by atomic mass is 35.5. The quantitative estimate of drug-likeness (QED) is 0.867. The molecule has 1 aromatic rings. The third-order valence-corrected chi connectivity index (χ3v) is 2.13. The van der Waals surface area contributed by atoms with E-state index in [9.17, 15) is 22.0 Å². The number of rotatable bonds is 3. The zero-order chi connectivity index (χ0) is 13.2. The Morgan fingerprint density at radius 2 is 1.83 bits per heavy atom. The molecule has 1 atom stereocenters. The third-order valence-electron chi connectivity index (χ3n) is 2.13. The van der Waals surface area contributed by atoms with Gasteiger partial charge in [-0.3, -0.25) is 0 Å². The lowest BCUT2D eigenvalue weighted by Gasteiger charge is -2.17. The number of halogens is 6. The molecule has 0 heterocycles. The monoisotopic (exact) mass is 291 g/mol. The summed E-state index contributed by atoms with van der Waals surface area (Å²) in [6, 6.07) is -0.00723. The lowest BCUT2D eigenvalue weighted by molar-refractivity contribution is -0.138. The number of hydrogen-bond donors (Lipinski definition) is 1. The summed E-state index contributed by atoms with van der Waals surface area (Å²) in [5.41, 5.74) is 4.33. The maximum atomic E-state index is 13.5. The molecule has 0 radical (unpaired) electrons. The number of ether oxygens (including phenoxy) is 1. The van der Waals surface area contributed by atoms with Crippen LogP contribution in [0.3, 0.4) is 0 Å². The van der Waals surface area contributed by atoms with E-state index in [1.54, 1.807) is 0 Å². The van der Waals surface area contributed by atoms with Crippen LogP contribution in [0.1, 0.15) is 18.0 Å². The summed E-state index contributed by atoms with van der Waals surface area (Å²) in [5.74, 6) is -2.68. The van der Waals surface area contributed by atoms with Gasteiger partial charge >= 0.3 is 6.18 Å². The number of methoxy groups -OCH3 is 1. The van der Waals surface area contributed by atoms with Gasteiger partial charge in [-0.2, -0.15) is 13.2 Å². The molecule has 104 valence electrons. The molecule has 0 spiro atoms. The normalized spacial score (nSPS) is 12.8. The first-order chi connectivity index (χ1) is 7.76. The Morgan fingerprint density at radius 3 is 2.28 bits per heavy atom. The second-order valence-corrected chi connectivity index (χ2v) is 3.40. The number of alkyl halides is 3. The van der Waals surface area contributed by atoms with Crippen LogP contribution >= 0.6 is 12.4 Å². The van der Waals surface area contributed by atoms with Gasteiger partial charge in [-0.15, -0.1) is 12.4 Å². The molecule has 1 aromatic carbocycles. The molecule has 0 aliphatic rings. The van der Waals surface area contributed by atoms with E-state index in [0.717, 1.165) is 19.2 Å². The standard InChI is InChI=1S/C10H10F5NO.ClH/c1-17-7-3-2-5(11)8(9(7)12)6(16)4-10(13,14)15;/h2-3,6H,4,16H2,1H3;1H/t6-;/m0./s1. The molecule has 1 rings (SSSR count). The van der Waals surface area contributed by atoms with Crippen LogP contribution in [0.4, 0.5) is 22.0 Å². The van der Waals surface area contributed by atoms with Gasteiger partial charge in [-0.25, -0.2) is 8.78 Å². The molecular formula is C10H11ClF5NO. The first-order valence-corrected chi connectivity index (χ1v) is 4.60. The largest absolute Gasteiger partial charge is 0.494 e. The van der Waals surface area contributed by atoms with Crippen molar-refractivity contribution in [1.82, 2.24) is 0 Å². The van der Waals surface area contributed by atoms with Crippen LogP contribution in [0.25, 0.3) is 0 Å². The van der Waals surface area contributed by atoms with Crippen molar-refractivity contribution in [2.75, 3.05) is 7.11 Å². The van der Waals surface area contributed by atoms with Crippen LogP contribution < -0.4 is 10.5 Å². The van der Waals surface area contributed by atoms with Gasteiger partial charge in [-0.1, -0.05) is 0 Å². The molecule has 2 N–H and O–H groups in total. The Balaban J connectivity index is 0.00000289. The lowest BCUT2D eigenvalue weighted by Crippen LogP contribution is -2.22. The third kappa shape index (κ3) is 3.99. The van der Waals surface area contributed by atoms with Crippen molar-refractivity contribution in [3.8, 4) is 5.75 Å². The molecule has 0 fully saturated rings. The number of nitrogens with two attached hydrogens (primary N) is 1. The number of hydrogen-bond acceptors (Lipinski definition) is 2. The summed E-state index contributed by atoms with van der Waals surface area (Å²) in [5, 5.41) is 0. The van der Waals surface area contributed by atoms with Crippen LogP contribution in [-0.4, -0.2) is 13.3 Å². The van der Waals surface area contributed by atoms with Crippen molar-refractivity contribution in [3.63, 3.8) is 0 Å². The average Bonchev–Trinajstić information content (AvgIpc) is 2.15. The van der Waals surface area contributed by atoms with E-state index in [1.165, 1.54) is 0 Å². The SMILES string of the molecule is COc1ccc(F)c([C@@H](N)CC(F)(F)F)c1F.Cl. The zero-order valence-corrected chi connectivity index (χ0v) is 10.0. The first-order valence-electron chi connectivity index (χ1n) is 4.60. The van der Waals surface area contributed by atoms with Crippen molar-refractivity contribution in [2.24, 2.45) is 5.73 Å². The Morgan fingerprint density at radius 1 is 1.28 bits per heavy atom. The van der Waals surface area contributed by atoms with E-state index in [2.05, 4.69) is 4.74 Å². The van der Waals surface area contributed by atoms with Crippen LogP contribution in [0.15, 0.2) is 12.1 Å². The van der Waals surface area contributed by atoms with Crippen molar-refractivity contribution < 1.29 is 26.7 Å². The fourth-order valence-corrected chi connectivity index (χ4v) is 1.40. The van der Waals surface area contributed by atoms with Crippen LogP contribution in [-0.2, 0) is 0 Å². The van der Waals surface area contributed by atoms with Crippen molar-refractivity contribution in [2.45, 2.75) is 18.6 Å². The molecule has 0 aliphatic carbocycles. The van der Waals surface area contributed by atoms with Gasteiger partial charge in [0.2, 0.25) is 0 Å². The van der Waals surface area contributed by atoms with Crippen LogP contribution in [0.5, 0.6) is 5.75 Å². The molecular weight excluding hydrogens is 281 g/mol. The highest BCUT2D eigenvalue weighted by molar-refractivity contribution is 5.85. The summed E-state index contributed by atoms with van der Waals surface area (Å²) in [6.45, 7) is 0. The summed E-state index contributed by atoms with van der Waals surface area (Å²) in [4.78, 5) is 0. The zero-order valence-electron chi connectivity index (χ0n) is 9.22. The first kappa shape index (κ1) is 16.9. The molecule has 18 heavy (non-hydrogen) atoms. The fraction of sp³-hybridized carbons (Fsp3) is 0.400. The van der Waals surface area contributed by atoms with Crippen molar-refractivity contribution in [3.05, 3.63) is 29.3 Å². The minimum Gasteiger partial charge on any atom is -0.494 e. The summed E-state index contributed by atoms with van der Waals surface area (Å²) < 4.78 is 67.6. The van der Waals surface area contributed by atoms with Gasteiger partial charge in [0.1, 0.15) is 5.82 Å². The Kier molecular flexibility index (Phi) is 5.82. The highest BCUT2D eigenvalue weighted by Gasteiger charge is 2.33. The van der Waals surface area contributed by atoms with Gasteiger partial charge in [0, 0.05) is 11.6 Å². The van der Waals surface area contributed by atoms with Gasteiger partial charge < -0.3 is 10.5 Å². The fourth-order valence-electron chi connectivity index (χ4n) is 1.40. The smallest absolute Gasteiger partial charge is 0.390 e. The summed E-state index contributed by atoms with van der Waals surface area (Å²) in [6.07, 6.45) is -6.10. The van der Waals surface area contributed by atoms with Crippen LogP contribution in [0, 0.1) is 11.6 Å². The highest BCUT2D eigenvalue weighted by Crippen LogP contribution is 2.33. The van der Waals surface area contributed by atoms with E-state index < -0.39 is 35.8 Å². The van der Waals surface area contributed by atoms with Gasteiger partial charge in [0.05, 0.1) is 13.5 Å². The molecule has 0 bridgehead atoms. The molecule has 0 amide bonds. The van der Waals surface area contributed by atoms with E-state index in [0.29, 0.717) is 0 Å². The van der Waals surface area contributed by atoms with E-state index in [4.69, 9.17) is 5.73 Å². The molecule has 0 unspecified atom stereocenters. The Labute approximate surface area is 106 Å².